The van der Waals surface area contributed by atoms with Gasteiger partial charge in [-0.25, -0.2) is 8.42 Å². The maximum Gasteiger partial charge on any atom is 0.239 e. The molecule has 0 aliphatic heterocycles. The Labute approximate surface area is 149 Å². The highest BCUT2D eigenvalue weighted by Gasteiger charge is 2.21. The summed E-state index contributed by atoms with van der Waals surface area (Å²) in [6.45, 7) is 5.77. The molecular formula is C19H24N2O3S. The number of hydrogen-bond acceptors (Lipinski definition) is 3. The minimum absolute atomic E-state index is 0.172. The fraction of sp³-hybridized carbons (Fsp3) is 0.316. The molecule has 0 fully saturated rings. The van der Waals surface area contributed by atoms with Crippen LogP contribution in [0.2, 0.25) is 0 Å². The molecule has 0 aromatic heterocycles. The van der Waals surface area contributed by atoms with Crippen LogP contribution in [0.4, 0.5) is 5.69 Å². The number of benzene rings is 2. The number of carbonyl (C=O) groups excluding carboxylic acids is 1. The van der Waals surface area contributed by atoms with Crippen LogP contribution in [-0.4, -0.2) is 31.4 Å². The maximum atomic E-state index is 12.4. The zero-order chi connectivity index (χ0) is 18.6. The number of carbonyl (C=O) groups is 1. The number of nitrogens with one attached hydrogen (secondary N) is 1. The molecule has 2 aromatic rings. The number of aryl methyl sites for hydroxylation is 3. The average Bonchev–Trinajstić information content (AvgIpc) is 2.46. The van der Waals surface area contributed by atoms with Crippen LogP contribution in [0, 0.1) is 20.8 Å². The van der Waals surface area contributed by atoms with Crippen LogP contribution < -0.4 is 5.32 Å². The van der Waals surface area contributed by atoms with Gasteiger partial charge in [-0.3, -0.25) is 4.79 Å². The van der Waals surface area contributed by atoms with Crippen molar-refractivity contribution in [1.29, 1.82) is 0 Å². The Balaban J connectivity index is 2.14. The van der Waals surface area contributed by atoms with E-state index in [1.807, 2.05) is 63.2 Å². The van der Waals surface area contributed by atoms with Gasteiger partial charge in [-0.05, 0) is 55.2 Å². The summed E-state index contributed by atoms with van der Waals surface area (Å²) < 4.78 is 25.4. The van der Waals surface area contributed by atoms with E-state index in [4.69, 9.17) is 0 Å². The second-order valence-corrected chi connectivity index (χ2v) is 8.36. The van der Waals surface area contributed by atoms with Gasteiger partial charge in [-0.1, -0.05) is 30.3 Å². The molecule has 2 aromatic carbocycles. The Morgan fingerprint density at radius 3 is 2.20 bits per heavy atom. The third-order valence-corrected chi connectivity index (χ3v) is 5.10. The van der Waals surface area contributed by atoms with Crippen molar-refractivity contribution >= 4 is 21.6 Å². The Hall–Kier alpha value is -2.18. The molecule has 0 saturated carbocycles. The molecule has 6 heteroatoms. The van der Waals surface area contributed by atoms with Crippen molar-refractivity contribution < 1.29 is 13.2 Å². The summed E-state index contributed by atoms with van der Waals surface area (Å²) in [7, 11) is -3.51. The monoisotopic (exact) mass is 360 g/mol. The van der Waals surface area contributed by atoms with Gasteiger partial charge < -0.3 is 5.32 Å². The van der Waals surface area contributed by atoms with Gasteiger partial charge >= 0.3 is 0 Å². The van der Waals surface area contributed by atoms with Crippen LogP contribution in [-0.2, 0) is 21.4 Å². The number of nitrogens with zero attached hydrogens (tertiary/aromatic N) is 1. The Morgan fingerprint density at radius 1 is 1.04 bits per heavy atom. The topological polar surface area (TPSA) is 66.5 Å². The van der Waals surface area contributed by atoms with Crippen molar-refractivity contribution in [3.8, 4) is 0 Å². The van der Waals surface area contributed by atoms with E-state index < -0.39 is 10.0 Å². The predicted molar refractivity (Wildman–Crippen MR) is 101 cm³/mol. The van der Waals surface area contributed by atoms with Crippen LogP contribution in [0.5, 0.6) is 0 Å². The van der Waals surface area contributed by atoms with Crippen LogP contribution in [0.15, 0.2) is 42.5 Å². The molecule has 134 valence electrons. The van der Waals surface area contributed by atoms with Gasteiger partial charge in [-0.15, -0.1) is 0 Å². The molecule has 2 rings (SSSR count). The molecule has 0 aliphatic rings. The fourth-order valence-corrected chi connectivity index (χ4v) is 3.40. The average molecular weight is 360 g/mol. The summed E-state index contributed by atoms with van der Waals surface area (Å²) in [6, 6.07) is 13.3. The van der Waals surface area contributed by atoms with E-state index in [1.54, 1.807) is 0 Å². The Kier molecular flexibility index (Phi) is 5.98. The Morgan fingerprint density at radius 2 is 1.64 bits per heavy atom. The lowest BCUT2D eigenvalue weighted by Crippen LogP contribution is -2.37. The van der Waals surface area contributed by atoms with E-state index in [9.17, 15) is 13.2 Å². The minimum atomic E-state index is -3.51. The van der Waals surface area contributed by atoms with Crippen LogP contribution in [0.3, 0.4) is 0 Å². The second-order valence-electron chi connectivity index (χ2n) is 6.38. The molecule has 0 atom stereocenters. The molecule has 0 saturated heterocycles. The van der Waals surface area contributed by atoms with Crippen molar-refractivity contribution in [2.75, 3.05) is 18.1 Å². The first-order valence-electron chi connectivity index (χ1n) is 8.03. The molecule has 5 nitrogen and oxygen atoms in total. The van der Waals surface area contributed by atoms with E-state index in [0.29, 0.717) is 5.69 Å². The summed E-state index contributed by atoms with van der Waals surface area (Å²) in [5.74, 6) is -0.357. The summed E-state index contributed by atoms with van der Waals surface area (Å²) >= 11 is 0. The molecule has 0 radical (unpaired) electrons. The van der Waals surface area contributed by atoms with Gasteiger partial charge in [0.2, 0.25) is 15.9 Å². The number of amides is 1. The quantitative estimate of drug-likeness (QED) is 0.861. The highest BCUT2D eigenvalue weighted by Crippen LogP contribution is 2.15. The Bertz CT molecular complexity index is 856. The van der Waals surface area contributed by atoms with Crippen molar-refractivity contribution in [2.24, 2.45) is 0 Å². The molecule has 1 amide bonds. The zero-order valence-electron chi connectivity index (χ0n) is 15.0. The third kappa shape index (κ3) is 5.69. The molecule has 0 bridgehead atoms. The zero-order valence-corrected chi connectivity index (χ0v) is 15.9. The highest BCUT2D eigenvalue weighted by atomic mass is 32.2. The number of rotatable bonds is 6. The molecule has 0 heterocycles. The first-order valence-corrected chi connectivity index (χ1v) is 9.88. The van der Waals surface area contributed by atoms with E-state index in [1.165, 1.54) is 4.31 Å². The summed E-state index contributed by atoms with van der Waals surface area (Å²) in [6.07, 6.45) is 1.12. The van der Waals surface area contributed by atoms with Gasteiger partial charge in [-0.2, -0.15) is 4.31 Å². The number of sulfonamides is 1. The van der Waals surface area contributed by atoms with Gasteiger partial charge in [0.05, 0.1) is 12.8 Å². The highest BCUT2D eigenvalue weighted by molar-refractivity contribution is 7.88. The van der Waals surface area contributed by atoms with E-state index >= 15 is 0 Å². The van der Waals surface area contributed by atoms with E-state index in [2.05, 4.69) is 5.32 Å². The number of anilines is 1. The predicted octanol–water partition coefficient (Wildman–Crippen LogP) is 3.01. The van der Waals surface area contributed by atoms with Gasteiger partial charge in [0.15, 0.2) is 0 Å². The second kappa shape index (κ2) is 7.80. The lowest BCUT2D eigenvalue weighted by atomic mass is 10.1. The summed E-state index contributed by atoms with van der Waals surface area (Å²) in [4.78, 5) is 12.4. The lowest BCUT2D eigenvalue weighted by molar-refractivity contribution is -0.116. The molecule has 0 spiro atoms. The van der Waals surface area contributed by atoms with Crippen molar-refractivity contribution in [2.45, 2.75) is 27.3 Å². The van der Waals surface area contributed by atoms with Crippen molar-refractivity contribution in [3.05, 3.63) is 64.7 Å². The largest absolute Gasteiger partial charge is 0.325 e. The molecule has 25 heavy (non-hydrogen) atoms. The van der Waals surface area contributed by atoms with E-state index in [-0.39, 0.29) is 19.0 Å². The van der Waals surface area contributed by atoms with Crippen molar-refractivity contribution in [3.63, 3.8) is 0 Å². The standard InChI is InChI=1S/C19H24N2O3S/c1-14-9-15(2)11-18(10-14)20-19(22)13-21(25(4,23)24)12-17-8-6-5-7-16(17)3/h5-11H,12-13H2,1-4H3,(H,20,22). The molecule has 1 N–H and O–H groups in total. The summed E-state index contributed by atoms with van der Waals surface area (Å²) in [5.41, 5.74) is 4.62. The summed E-state index contributed by atoms with van der Waals surface area (Å²) in [5, 5.41) is 2.78. The fourth-order valence-electron chi connectivity index (χ4n) is 2.68. The minimum Gasteiger partial charge on any atom is -0.325 e. The third-order valence-electron chi connectivity index (χ3n) is 3.90. The lowest BCUT2D eigenvalue weighted by Gasteiger charge is -2.20. The number of hydrogen-bond donors (Lipinski definition) is 1. The van der Waals surface area contributed by atoms with Crippen LogP contribution in [0.25, 0.3) is 0 Å². The smallest absolute Gasteiger partial charge is 0.239 e. The van der Waals surface area contributed by atoms with Gasteiger partial charge in [0.1, 0.15) is 0 Å². The van der Waals surface area contributed by atoms with Crippen LogP contribution >= 0.6 is 0 Å². The van der Waals surface area contributed by atoms with Gasteiger partial charge in [0.25, 0.3) is 0 Å². The maximum absolute atomic E-state index is 12.4. The molecular weight excluding hydrogens is 336 g/mol. The van der Waals surface area contributed by atoms with Crippen molar-refractivity contribution in [1.82, 2.24) is 4.31 Å². The van der Waals surface area contributed by atoms with Gasteiger partial charge in [0, 0.05) is 12.2 Å². The molecule has 0 unspecified atom stereocenters. The van der Waals surface area contributed by atoms with Crippen LogP contribution in [0.1, 0.15) is 22.3 Å². The SMILES string of the molecule is Cc1cc(C)cc(NC(=O)CN(Cc2ccccc2C)S(C)(=O)=O)c1. The van der Waals surface area contributed by atoms with E-state index in [0.717, 1.165) is 28.5 Å². The normalized spacial score (nSPS) is 11.6. The first-order chi connectivity index (χ1) is 11.6. The molecule has 0 aliphatic carbocycles. The first kappa shape index (κ1) is 19.1.